The van der Waals surface area contributed by atoms with Gasteiger partial charge in [-0.25, -0.2) is 0 Å². The number of benzene rings is 1. The van der Waals surface area contributed by atoms with E-state index >= 15 is 0 Å². The molecule has 0 radical (unpaired) electrons. The normalized spacial score (nSPS) is 16.4. The molecule has 0 atom stereocenters. The van der Waals surface area contributed by atoms with E-state index in [9.17, 15) is 4.79 Å². The zero-order valence-electron chi connectivity index (χ0n) is 11.8. The van der Waals surface area contributed by atoms with Crippen molar-refractivity contribution in [3.63, 3.8) is 0 Å². The van der Waals surface area contributed by atoms with Crippen LogP contribution in [0, 0.1) is 0 Å². The van der Waals surface area contributed by atoms with Crippen LogP contribution in [-0.2, 0) is 4.79 Å². The van der Waals surface area contributed by atoms with Gasteiger partial charge in [-0.05, 0) is 31.0 Å². The SMILES string of the molecule is CN(C)c1ccc(NC(=O)C2(N)CCCC2)cc1Cl.Cl. The molecule has 0 unspecified atom stereocenters. The molecule has 0 spiro atoms. The highest BCUT2D eigenvalue weighted by atomic mass is 35.5. The first kappa shape index (κ1) is 17.1. The molecule has 1 amide bonds. The summed E-state index contributed by atoms with van der Waals surface area (Å²) in [6, 6.07) is 5.49. The molecule has 3 N–H and O–H groups in total. The first-order valence-corrected chi connectivity index (χ1v) is 6.87. The maximum absolute atomic E-state index is 12.2. The Morgan fingerprint density at radius 3 is 2.45 bits per heavy atom. The predicted octanol–water partition coefficient (Wildman–Crippen LogP) is 3.04. The number of nitrogens with zero attached hydrogens (tertiary/aromatic N) is 1. The lowest BCUT2D eigenvalue weighted by molar-refractivity contribution is -0.121. The monoisotopic (exact) mass is 317 g/mol. The van der Waals surface area contributed by atoms with Crippen molar-refractivity contribution in [3.05, 3.63) is 23.2 Å². The highest BCUT2D eigenvalue weighted by Gasteiger charge is 2.36. The molecule has 2 rings (SSSR count). The number of rotatable bonds is 3. The highest BCUT2D eigenvalue weighted by Crippen LogP contribution is 2.30. The van der Waals surface area contributed by atoms with Crippen molar-refractivity contribution in [2.75, 3.05) is 24.3 Å². The molecule has 1 aromatic carbocycles. The van der Waals surface area contributed by atoms with E-state index < -0.39 is 5.54 Å². The van der Waals surface area contributed by atoms with Crippen molar-refractivity contribution < 1.29 is 4.79 Å². The summed E-state index contributed by atoms with van der Waals surface area (Å²) in [6.07, 6.45) is 3.54. The summed E-state index contributed by atoms with van der Waals surface area (Å²) in [5, 5.41) is 3.48. The van der Waals surface area contributed by atoms with Gasteiger partial charge in [-0.1, -0.05) is 24.4 Å². The van der Waals surface area contributed by atoms with Gasteiger partial charge in [0.1, 0.15) is 0 Å². The van der Waals surface area contributed by atoms with Crippen molar-refractivity contribution in [1.29, 1.82) is 0 Å². The molecule has 0 bridgehead atoms. The van der Waals surface area contributed by atoms with Gasteiger partial charge in [0.15, 0.2) is 0 Å². The number of nitrogens with one attached hydrogen (secondary N) is 1. The van der Waals surface area contributed by atoms with E-state index in [-0.39, 0.29) is 18.3 Å². The third-order valence-electron chi connectivity index (χ3n) is 3.64. The molecule has 0 aromatic heterocycles. The lowest BCUT2D eigenvalue weighted by Gasteiger charge is -2.22. The fourth-order valence-corrected chi connectivity index (χ4v) is 2.79. The van der Waals surface area contributed by atoms with Crippen molar-refractivity contribution in [2.24, 2.45) is 5.73 Å². The van der Waals surface area contributed by atoms with Gasteiger partial charge in [-0.3, -0.25) is 4.79 Å². The molecule has 0 heterocycles. The number of amides is 1. The Kier molecular flexibility index (Phi) is 5.68. The number of halogens is 2. The molecule has 0 saturated heterocycles. The molecular weight excluding hydrogens is 297 g/mol. The maximum atomic E-state index is 12.2. The van der Waals surface area contributed by atoms with Gasteiger partial charge < -0.3 is 16.0 Å². The second-order valence-electron chi connectivity index (χ2n) is 5.38. The summed E-state index contributed by atoms with van der Waals surface area (Å²) in [4.78, 5) is 14.1. The Balaban J connectivity index is 0.00000200. The van der Waals surface area contributed by atoms with E-state index in [1.807, 2.05) is 31.1 Å². The van der Waals surface area contributed by atoms with E-state index in [0.29, 0.717) is 10.7 Å². The van der Waals surface area contributed by atoms with E-state index in [0.717, 1.165) is 31.4 Å². The minimum absolute atomic E-state index is 0. The van der Waals surface area contributed by atoms with Crippen molar-refractivity contribution in [1.82, 2.24) is 0 Å². The van der Waals surface area contributed by atoms with Gasteiger partial charge >= 0.3 is 0 Å². The maximum Gasteiger partial charge on any atom is 0.244 e. The third-order valence-corrected chi connectivity index (χ3v) is 3.94. The Labute approximate surface area is 131 Å². The quantitative estimate of drug-likeness (QED) is 0.900. The van der Waals surface area contributed by atoms with Crippen LogP contribution in [0.1, 0.15) is 25.7 Å². The lowest BCUT2D eigenvalue weighted by Crippen LogP contribution is -2.48. The summed E-state index contributed by atoms with van der Waals surface area (Å²) in [6.45, 7) is 0. The van der Waals surface area contributed by atoms with Gasteiger partial charge in [0.2, 0.25) is 5.91 Å². The molecule has 1 saturated carbocycles. The summed E-state index contributed by atoms with van der Waals surface area (Å²) in [5.41, 5.74) is 7.01. The van der Waals surface area contributed by atoms with Crippen LogP contribution in [0.3, 0.4) is 0 Å². The van der Waals surface area contributed by atoms with Crippen LogP contribution < -0.4 is 16.0 Å². The van der Waals surface area contributed by atoms with Crippen LogP contribution >= 0.6 is 24.0 Å². The zero-order valence-corrected chi connectivity index (χ0v) is 13.4. The first-order valence-electron chi connectivity index (χ1n) is 6.49. The molecule has 20 heavy (non-hydrogen) atoms. The number of anilines is 2. The molecule has 1 fully saturated rings. The molecule has 0 aliphatic heterocycles. The van der Waals surface area contributed by atoms with Gasteiger partial charge in [0.25, 0.3) is 0 Å². The van der Waals surface area contributed by atoms with E-state index in [1.54, 1.807) is 6.07 Å². The molecule has 1 aromatic rings. The molecule has 6 heteroatoms. The summed E-state index contributed by atoms with van der Waals surface area (Å²) in [5.74, 6) is -0.112. The summed E-state index contributed by atoms with van der Waals surface area (Å²) >= 11 is 6.18. The number of carbonyl (C=O) groups excluding carboxylic acids is 1. The van der Waals surface area contributed by atoms with E-state index in [4.69, 9.17) is 17.3 Å². The molecule has 1 aliphatic carbocycles. The Hall–Kier alpha value is -0.970. The van der Waals surface area contributed by atoms with E-state index in [2.05, 4.69) is 5.32 Å². The summed E-state index contributed by atoms with van der Waals surface area (Å²) < 4.78 is 0. The summed E-state index contributed by atoms with van der Waals surface area (Å²) in [7, 11) is 3.85. The minimum Gasteiger partial charge on any atom is -0.376 e. The number of carbonyl (C=O) groups is 1. The van der Waals surface area contributed by atoms with Crippen LogP contribution in [-0.4, -0.2) is 25.5 Å². The fraction of sp³-hybridized carbons (Fsp3) is 0.500. The van der Waals surface area contributed by atoms with Gasteiger partial charge in [-0.15, -0.1) is 12.4 Å². The average Bonchev–Trinajstić information content (AvgIpc) is 2.77. The second kappa shape index (κ2) is 6.66. The minimum atomic E-state index is -0.716. The molecular formula is C14H21Cl2N3O. The molecule has 112 valence electrons. The van der Waals surface area contributed by atoms with Crippen LogP contribution in [0.15, 0.2) is 18.2 Å². The van der Waals surface area contributed by atoms with Crippen molar-refractivity contribution in [3.8, 4) is 0 Å². The van der Waals surface area contributed by atoms with Crippen LogP contribution in [0.4, 0.5) is 11.4 Å². The average molecular weight is 318 g/mol. The third kappa shape index (κ3) is 3.57. The largest absolute Gasteiger partial charge is 0.376 e. The number of hydrogen-bond acceptors (Lipinski definition) is 3. The Morgan fingerprint density at radius 1 is 1.35 bits per heavy atom. The van der Waals surface area contributed by atoms with Gasteiger partial charge in [0.05, 0.1) is 16.2 Å². The smallest absolute Gasteiger partial charge is 0.244 e. The predicted molar refractivity (Wildman–Crippen MR) is 87.0 cm³/mol. The zero-order chi connectivity index (χ0) is 14.0. The molecule has 1 aliphatic rings. The van der Waals surface area contributed by atoms with Gasteiger partial charge in [-0.2, -0.15) is 0 Å². The van der Waals surface area contributed by atoms with Crippen LogP contribution in [0.25, 0.3) is 0 Å². The second-order valence-corrected chi connectivity index (χ2v) is 5.79. The van der Waals surface area contributed by atoms with Crippen molar-refractivity contribution >= 4 is 41.3 Å². The topological polar surface area (TPSA) is 58.4 Å². The number of hydrogen-bond donors (Lipinski definition) is 2. The lowest BCUT2D eigenvalue weighted by atomic mass is 9.98. The fourth-order valence-electron chi connectivity index (χ4n) is 2.44. The standard InChI is InChI=1S/C14H20ClN3O.ClH/c1-18(2)12-6-5-10(9-11(12)15)17-13(19)14(16)7-3-4-8-14;/h5-6,9H,3-4,7-8,16H2,1-2H3,(H,17,19);1H. The van der Waals surface area contributed by atoms with Gasteiger partial charge in [0, 0.05) is 19.8 Å². The highest BCUT2D eigenvalue weighted by molar-refractivity contribution is 6.33. The van der Waals surface area contributed by atoms with Crippen molar-refractivity contribution in [2.45, 2.75) is 31.2 Å². The first-order chi connectivity index (χ1) is 8.92. The Bertz CT molecular complexity index is 485. The van der Waals surface area contributed by atoms with Crippen LogP contribution in [0.2, 0.25) is 5.02 Å². The Morgan fingerprint density at radius 2 is 1.95 bits per heavy atom. The van der Waals surface area contributed by atoms with Crippen LogP contribution in [0.5, 0.6) is 0 Å². The molecule has 4 nitrogen and oxygen atoms in total. The van der Waals surface area contributed by atoms with E-state index in [1.165, 1.54) is 0 Å². The number of nitrogens with two attached hydrogens (primary N) is 1.